The summed E-state index contributed by atoms with van der Waals surface area (Å²) < 4.78 is 9.71. The first-order valence-corrected chi connectivity index (χ1v) is 11.4. The second-order valence-corrected chi connectivity index (χ2v) is 5.88. The number of hydrogen-bond donors (Lipinski definition) is 0. The lowest BCUT2D eigenvalue weighted by atomic mass is 10.4. The van der Waals surface area contributed by atoms with Crippen LogP contribution in [0.2, 0.25) is 0 Å². The van der Waals surface area contributed by atoms with Gasteiger partial charge in [0.25, 0.3) is 0 Å². The molecular formula is C39H12O4. The van der Waals surface area contributed by atoms with Crippen molar-refractivity contribution in [3.8, 4) is 189 Å². The van der Waals surface area contributed by atoms with E-state index in [0.717, 1.165) is 0 Å². The summed E-state index contributed by atoms with van der Waals surface area (Å²) in [5.41, 5.74) is 0. The third-order valence-electron chi connectivity index (χ3n) is 2.96. The smallest absolute Gasteiger partial charge is 0.385 e. The summed E-state index contributed by atoms with van der Waals surface area (Å²) in [4.78, 5) is 23.0. The van der Waals surface area contributed by atoms with Crippen LogP contribution in [0.3, 0.4) is 0 Å². The van der Waals surface area contributed by atoms with Crippen LogP contribution in [0.15, 0.2) is 0 Å². The SMILES string of the molecule is CC#CC#CC#CC#CC#CC#CC#CC#CC(=O)OCCCOC(=O)C#CC#CC#CC#CC#CC#CC#CC#CC. The molecule has 0 radical (unpaired) electrons. The zero-order valence-electron chi connectivity index (χ0n) is 22.8. The summed E-state index contributed by atoms with van der Waals surface area (Å²) >= 11 is 0. The Balaban J connectivity index is 4.27. The van der Waals surface area contributed by atoms with E-state index < -0.39 is 11.9 Å². The van der Waals surface area contributed by atoms with Gasteiger partial charge in [-0.1, -0.05) is 11.8 Å². The van der Waals surface area contributed by atoms with Gasteiger partial charge in [-0.2, -0.15) is 0 Å². The summed E-state index contributed by atoms with van der Waals surface area (Å²) in [5.74, 6) is 76.6. The Hall–Kier alpha value is -8.10. The minimum Gasteiger partial charge on any atom is -0.456 e. The number of hydrogen-bond acceptors (Lipinski definition) is 4. The third kappa shape index (κ3) is 30.0. The first kappa shape index (κ1) is 34.9. The number of carbonyl (C=O) groups excluding carboxylic acids is 2. The Kier molecular flexibility index (Phi) is 24.5. The van der Waals surface area contributed by atoms with Crippen LogP contribution in [0, 0.1) is 189 Å². The predicted molar refractivity (Wildman–Crippen MR) is 162 cm³/mol. The van der Waals surface area contributed by atoms with E-state index in [9.17, 15) is 9.59 Å². The monoisotopic (exact) mass is 544 g/mol. The minimum absolute atomic E-state index is 0.0164. The summed E-state index contributed by atoms with van der Waals surface area (Å²) in [6.45, 7) is 3.32. The first-order valence-electron chi connectivity index (χ1n) is 11.4. The molecule has 0 aromatic rings. The topological polar surface area (TPSA) is 52.6 Å². The molecule has 0 fully saturated rings. The third-order valence-corrected chi connectivity index (χ3v) is 2.96. The Labute approximate surface area is 253 Å². The van der Waals surface area contributed by atoms with Crippen LogP contribution < -0.4 is 0 Å². The van der Waals surface area contributed by atoms with Crippen LogP contribution in [0.5, 0.6) is 0 Å². The molecule has 0 saturated carbocycles. The molecule has 0 aromatic carbocycles. The van der Waals surface area contributed by atoms with Gasteiger partial charge in [0.2, 0.25) is 0 Å². The van der Waals surface area contributed by atoms with Crippen molar-refractivity contribution in [2.45, 2.75) is 20.3 Å². The van der Waals surface area contributed by atoms with E-state index in [-0.39, 0.29) is 19.6 Å². The summed E-state index contributed by atoms with van der Waals surface area (Å²) in [5, 5.41) is 0. The van der Waals surface area contributed by atoms with Crippen LogP contribution in [0.4, 0.5) is 0 Å². The molecule has 4 nitrogen and oxygen atoms in total. The molecule has 192 valence electrons. The van der Waals surface area contributed by atoms with Crippen LogP contribution in [-0.2, 0) is 19.1 Å². The molecule has 0 spiro atoms. The van der Waals surface area contributed by atoms with Crippen molar-refractivity contribution in [1.29, 1.82) is 0 Å². The van der Waals surface area contributed by atoms with Crippen molar-refractivity contribution in [1.82, 2.24) is 0 Å². The van der Waals surface area contributed by atoms with Crippen molar-refractivity contribution < 1.29 is 19.1 Å². The first-order chi connectivity index (χ1) is 21.2. The van der Waals surface area contributed by atoms with Crippen molar-refractivity contribution in [2.75, 3.05) is 13.2 Å². The van der Waals surface area contributed by atoms with E-state index in [2.05, 4.69) is 189 Å². The van der Waals surface area contributed by atoms with Crippen molar-refractivity contribution in [3.05, 3.63) is 0 Å². The standard InChI is InChI=1S/C39H12O4/c1-3-5-7-9-11-13-15-17-19-21-23-25-27-29-31-34-38(40)42-36-33-37-43-39(41)35-32-30-28-26-24-22-20-18-16-14-12-10-8-6-4-2/h33,36-37H2,1-2H3. The van der Waals surface area contributed by atoms with Gasteiger partial charge >= 0.3 is 11.9 Å². The zero-order chi connectivity index (χ0) is 31.3. The Bertz CT molecular complexity index is 1980. The molecule has 0 aromatic heterocycles. The minimum atomic E-state index is -0.791. The molecule has 0 unspecified atom stereocenters. The maximum atomic E-state index is 11.5. The van der Waals surface area contributed by atoms with Gasteiger partial charge < -0.3 is 9.47 Å². The van der Waals surface area contributed by atoms with Gasteiger partial charge in [-0.15, -0.1) is 0 Å². The summed E-state index contributed by atoms with van der Waals surface area (Å²) in [6, 6.07) is 0. The molecule has 0 heterocycles. The summed E-state index contributed by atoms with van der Waals surface area (Å²) in [7, 11) is 0. The highest BCUT2D eigenvalue weighted by molar-refractivity contribution is 5.89. The highest BCUT2D eigenvalue weighted by atomic mass is 16.5. The number of esters is 2. The number of carbonyl (C=O) groups is 2. The van der Waals surface area contributed by atoms with E-state index in [1.807, 2.05) is 0 Å². The van der Waals surface area contributed by atoms with E-state index >= 15 is 0 Å². The van der Waals surface area contributed by atoms with Crippen molar-refractivity contribution >= 4 is 11.9 Å². The maximum Gasteiger partial charge on any atom is 0.385 e. The maximum absolute atomic E-state index is 11.5. The van der Waals surface area contributed by atoms with Gasteiger partial charge in [0.15, 0.2) is 0 Å². The normalized spacial score (nSPS) is 5.26. The predicted octanol–water partition coefficient (Wildman–Crippen LogP) is 0.557. The molecule has 0 aliphatic heterocycles. The molecule has 0 saturated heterocycles. The second-order valence-electron chi connectivity index (χ2n) is 5.88. The highest BCUT2D eigenvalue weighted by Crippen LogP contribution is 1.86. The molecule has 0 aliphatic rings. The van der Waals surface area contributed by atoms with Gasteiger partial charge in [0.1, 0.15) is 0 Å². The lowest BCUT2D eigenvalue weighted by Gasteiger charge is -2.00. The van der Waals surface area contributed by atoms with E-state index in [1.54, 1.807) is 13.8 Å². The molecule has 0 atom stereocenters. The van der Waals surface area contributed by atoms with Gasteiger partial charge in [0.05, 0.1) is 13.2 Å². The fraction of sp³-hybridized carbons (Fsp3) is 0.128. The molecule has 0 bridgehead atoms. The fourth-order valence-electron chi connectivity index (χ4n) is 1.50. The van der Waals surface area contributed by atoms with Crippen molar-refractivity contribution in [3.63, 3.8) is 0 Å². The molecule has 0 N–H and O–H groups in total. The van der Waals surface area contributed by atoms with Crippen LogP contribution in [0.1, 0.15) is 20.3 Å². The Morgan fingerprint density at radius 2 is 0.558 bits per heavy atom. The van der Waals surface area contributed by atoms with Crippen LogP contribution in [-0.4, -0.2) is 25.2 Å². The Morgan fingerprint density at radius 3 is 0.791 bits per heavy atom. The molecule has 0 amide bonds. The average molecular weight is 545 g/mol. The average Bonchev–Trinajstić information content (AvgIpc) is 3.00. The summed E-state index contributed by atoms with van der Waals surface area (Å²) in [6.07, 6.45) is 0.247. The van der Waals surface area contributed by atoms with Gasteiger partial charge in [-0.3, -0.25) is 0 Å². The highest BCUT2D eigenvalue weighted by Gasteiger charge is 1.99. The quantitative estimate of drug-likeness (QED) is 0.225. The van der Waals surface area contributed by atoms with Crippen LogP contribution in [0.25, 0.3) is 0 Å². The lowest BCUT2D eigenvalue weighted by molar-refractivity contribution is -0.139. The Morgan fingerprint density at radius 1 is 0.349 bits per heavy atom. The molecule has 0 rings (SSSR count). The second kappa shape index (κ2) is 30.1. The van der Waals surface area contributed by atoms with E-state index in [0.29, 0.717) is 0 Å². The largest absolute Gasteiger partial charge is 0.456 e. The fourth-order valence-corrected chi connectivity index (χ4v) is 1.50. The van der Waals surface area contributed by atoms with E-state index in [1.165, 1.54) is 0 Å². The number of rotatable bonds is 4. The molecule has 0 aliphatic carbocycles. The van der Waals surface area contributed by atoms with Gasteiger partial charge in [-0.25, -0.2) is 9.59 Å². The van der Waals surface area contributed by atoms with Gasteiger partial charge in [-0.05, 0) is 180 Å². The molecular weight excluding hydrogens is 532 g/mol. The molecule has 4 heteroatoms. The molecule has 43 heavy (non-hydrogen) atoms. The number of ether oxygens (including phenoxy) is 2. The van der Waals surface area contributed by atoms with Crippen LogP contribution >= 0.6 is 0 Å². The van der Waals surface area contributed by atoms with Gasteiger partial charge in [0, 0.05) is 18.3 Å². The van der Waals surface area contributed by atoms with Crippen molar-refractivity contribution in [2.24, 2.45) is 0 Å². The van der Waals surface area contributed by atoms with E-state index in [4.69, 9.17) is 9.47 Å². The lowest BCUT2D eigenvalue weighted by Crippen LogP contribution is -2.08. The zero-order valence-corrected chi connectivity index (χ0v) is 22.8.